The third kappa shape index (κ3) is 4.25. The maximum atomic E-state index is 12.6. The summed E-state index contributed by atoms with van der Waals surface area (Å²) < 4.78 is 0. The van der Waals surface area contributed by atoms with Crippen molar-refractivity contribution in [1.82, 2.24) is 25.1 Å². The molecule has 1 unspecified atom stereocenters. The highest BCUT2D eigenvalue weighted by molar-refractivity contribution is 5.93. The number of piperidine rings is 1. The van der Waals surface area contributed by atoms with Gasteiger partial charge in [-0.3, -0.25) is 9.59 Å². The van der Waals surface area contributed by atoms with Crippen molar-refractivity contribution in [1.29, 1.82) is 0 Å². The van der Waals surface area contributed by atoms with Crippen LogP contribution in [-0.2, 0) is 11.3 Å². The molecule has 2 aromatic rings. The van der Waals surface area contributed by atoms with E-state index in [2.05, 4.69) is 27.2 Å². The van der Waals surface area contributed by atoms with Gasteiger partial charge in [-0.05, 0) is 38.5 Å². The molecule has 0 radical (unpaired) electrons. The first-order chi connectivity index (χ1) is 13.6. The van der Waals surface area contributed by atoms with Crippen molar-refractivity contribution in [3.63, 3.8) is 0 Å². The number of nitrogens with one attached hydrogen (secondary N) is 2. The monoisotopic (exact) mass is 381 g/mol. The lowest BCUT2D eigenvalue weighted by Crippen LogP contribution is -2.37. The number of aromatic nitrogens is 2. The molecular formula is C21H27N5O2. The van der Waals surface area contributed by atoms with Gasteiger partial charge in [-0.15, -0.1) is 0 Å². The summed E-state index contributed by atoms with van der Waals surface area (Å²) in [7, 11) is 2.13. The first-order valence-corrected chi connectivity index (χ1v) is 9.94. The summed E-state index contributed by atoms with van der Waals surface area (Å²) in [6.45, 7) is 3.22. The van der Waals surface area contributed by atoms with Gasteiger partial charge in [0.25, 0.3) is 5.91 Å². The fourth-order valence-corrected chi connectivity index (χ4v) is 4.03. The van der Waals surface area contributed by atoms with Gasteiger partial charge in [0.05, 0.1) is 12.2 Å². The Balaban J connectivity index is 1.32. The molecule has 3 heterocycles. The van der Waals surface area contributed by atoms with E-state index >= 15 is 0 Å². The van der Waals surface area contributed by atoms with E-state index in [4.69, 9.17) is 0 Å². The maximum Gasteiger partial charge on any atom is 0.269 e. The number of rotatable bonds is 5. The molecule has 148 valence electrons. The Morgan fingerprint density at radius 1 is 1.25 bits per heavy atom. The van der Waals surface area contributed by atoms with Gasteiger partial charge in [-0.25, -0.2) is 4.98 Å². The summed E-state index contributed by atoms with van der Waals surface area (Å²) in [6, 6.07) is 9.74. The summed E-state index contributed by atoms with van der Waals surface area (Å²) in [5.41, 5.74) is 1.57. The fraction of sp³-hybridized carbons (Fsp3) is 0.476. The van der Waals surface area contributed by atoms with Gasteiger partial charge in [0.15, 0.2) is 0 Å². The van der Waals surface area contributed by atoms with E-state index in [0.717, 1.165) is 37.3 Å². The number of carbonyl (C=O) groups excluding carboxylic acids is 2. The first-order valence-electron chi connectivity index (χ1n) is 9.94. The van der Waals surface area contributed by atoms with E-state index in [1.807, 2.05) is 30.3 Å². The topological polar surface area (TPSA) is 81.3 Å². The van der Waals surface area contributed by atoms with Crippen molar-refractivity contribution in [2.24, 2.45) is 0 Å². The molecule has 7 heteroatoms. The molecule has 0 bridgehead atoms. The number of nitrogens with zero attached hydrogens (tertiary/aromatic N) is 3. The minimum Gasteiger partial charge on any atom is -0.346 e. The van der Waals surface area contributed by atoms with Crippen LogP contribution in [0, 0.1) is 0 Å². The number of imidazole rings is 1. The number of benzene rings is 1. The Kier molecular flexibility index (Phi) is 5.43. The van der Waals surface area contributed by atoms with Crippen LogP contribution in [-0.4, -0.2) is 64.3 Å². The summed E-state index contributed by atoms with van der Waals surface area (Å²) >= 11 is 0. The Morgan fingerprint density at radius 2 is 2.00 bits per heavy atom. The van der Waals surface area contributed by atoms with Gasteiger partial charge < -0.3 is 20.1 Å². The molecule has 7 nitrogen and oxygen atoms in total. The van der Waals surface area contributed by atoms with Crippen LogP contribution in [0.2, 0.25) is 0 Å². The van der Waals surface area contributed by atoms with E-state index in [1.54, 1.807) is 11.1 Å². The maximum absolute atomic E-state index is 12.6. The van der Waals surface area contributed by atoms with Crippen molar-refractivity contribution in [2.45, 2.75) is 37.8 Å². The zero-order valence-electron chi connectivity index (χ0n) is 16.2. The quantitative estimate of drug-likeness (QED) is 0.827. The van der Waals surface area contributed by atoms with Gasteiger partial charge in [0.1, 0.15) is 11.5 Å². The Hall–Kier alpha value is -2.67. The predicted molar refractivity (Wildman–Crippen MR) is 106 cm³/mol. The Labute approximate surface area is 165 Å². The minimum atomic E-state index is -0.189. The van der Waals surface area contributed by atoms with Crippen molar-refractivity contribution in [2.75, 3.05) is 26.7 Å². The highest BCUT2D eigenvalue weighted by Gasteiger charge is 2.31. The second-order valence-electron chi connectivity index (χ2n) is 7.89. The van der Waals surface area contributed by atoms with Crippen molar-refractivity contribution >= 4 is 11.8 Å². The van der Waals surface area contributed by atoms with Crippen LogP contribution >= 0.6 is 0 Å². The van der Waals surface area contributed by atoms with Crippen LogP contribution in [0.5, 0.6) is 0 Å². The lowest BCUT2D eigenvalue weighted by atomic mass is 9.97. The SMILES string of the molecule is CN1CCC(c2ncc(C(=O)NC3CC(=O)N(Cc4ccccc4)C3)[nH]2)CC1. The first kappa shape index (κ1) is 18.7. The van der Waals surface area contributed by atoms with E-state index in [9.17, 15) is 9.59 Å². The van der Waals surface area contributed by atoms with E-state index in [0.29, 0.717) is 31.1 Å². The van der Waals surface area contributed by atoms with Crippen molar-refractivity contribution < 1.29 is 9.59 Å². The molecule has 2 fully saturated rings. The van der Waals surface area contributed by atoms with Crippen LogP contribution in [0.1, 0.15) is 47.1 Å². The normalized spacial score (nSPS) is 21.2. The molecule has 2 aliphatic rings. The van der Waals surface area contributed by atoms with Crippen molar-refractivity contribution in [3.05, 3.63) is 53.6 Å². The number of hydrogen-bond donors (Lipinski definition) is 2. The standard InChI is InChI=1S/C21H27N5O2/c1-25-9-7-16(8-10-25)20-22-12-18(24-20)21(28)23-17-11-19(27)26(14-17)13-15-5-3-2-4-6-15/h2-6,12,16-17H,7-11,13-14H2,1H3,(H,22,24)(H,23,28). The average molecular weight is 381 g/mol. The van der Waals surface area contributed by atoms with Crippen LogP contribution in [0.15, 0.2) is 36.5 Å². The Morgan fingerprint density at radius 3 is 2.75 bits per heavy atom. The van der Waals surface area contributed by atoms with E-state index in [-0.39, 0.29) is 17.9 Å². The van der Waals surface area contributed by atoms with Gasteiger partial charge in [0, 0.05) is 25.4 Å². The number of carbonyl (C=O) groups is 2. The van der Waals surface area contributed by atoms with Crippen LogP contribution < -0.4 is 5.32 Å². The van der Waals surface area contributed by atoms with Crippen LogP contribution in [0.4, 0.5) is 0 Å². The zero-order chi connectivity index (χ0) is 19.5. The number of H-pyrrole nitrogens is 1. The highest BCUT2D eigenvalue weighted by atomic mass is 16.2. The molecule has 0 aliphatic carbocycles. The smallest absolute Gasteiger partial charge is 0.269 e. The summed E-state index contributed by atoms with van der Waals surface area (Å²) in [5, 5.41) is 2.98. The molecule has 28 heavy (non-hydrogen) atoms. The van der Waals surface area contributed by atoms with Gasteiger partial charge in [-0.2, -0.15) is 0 Å². The molecule has 2 aliphatic heterocycles. The van der Waals surface area contributed by atoms with Gasteiger partial charge in [0.2, 0.25) is 5.91 Å². The number of amides is 2. The van der Waals surface area contributed by atoms with Gasteiger partial charge >= 0.3 is 0 Å². The summed E-state index contributed by atoms with van der Waals surface area (Å²) in [6.07, 6.45) is 4.06. The third-order valence-corrected chi connectivity index (χ3v) is 5.71. The molecule has 4 rings (SSSR count). The Bertz CT molecular complexity index is 826. The fourth-order valence-electron chi connectivity index (χ4n) is 4.03. The second-order valence-corrected chi connectivity index (χ2v) is 7.89. The highest BCUT2D eigenvalue weighted by Crippen LogP contribution is 2.25. The zero-order valence-corrected chi connectivity index (χ0v) is 16.2. The van der Waals surface area contributed by atoms with Crippen LogP contribution in [0.25, 0.3) is 0 Å². The molecule has 1 atom stereocenters. The molecule has 0 saturated carbocycles. The second kappa shape index (κ2) is 8.14. The van der Waals surface area contributed by atoms with E-state index in [1.165, 1.54) is 0 Å². The predicted octanol–water partition coefficient (Wildman–Crippen LogP) is 1.75. The molecule has 0 spiro atoms. The van der Waals surface area contributed by atoms with E-state index < -0.39 is 0 Å². The summed E-state index contributed by atoms with van der Waals surface area (Å²) in [4.78, 5) is 36.6. The lowest BCUT2D eigenvalue weighted by Gasteiger charge is -2.27. The molecule has 1 aromatic heterocycles. The number of aromatic amines is 1. The number of hydrogen-bond acceptors (Lipinski definition) is 4. The minimum absolute atomic E-state index is 0.0748. The molecular weight excluding hydrogens is 354 g/mol. The summed E-state index contributed by atoms with van der Waals surface area (Å²) in [5.74, 6) is 1.16. The van der Waals surface area contributed by atoms with Crippen LogP contribution in [0.3, 0.4) is 0 Å². The van der Waals surface area contributed by atoms with Crippen molar-refractivity contribution in [3.8, 4) is 0 Å². The number of likely N-dealkylation sites (tertiary alicyclic amines) is 2. The third-order valence-electron chi connectivity index (χ3n) is 5.71. The lowest BCUT2D eigenvalue weighted by molar-refractivity contribution is -0.128. The van der Waals surface area contributed by atoms with Gasteiger partial charge in [-0.1, -0.05) is 30.3 Å². The average Bonchev–Trinajstić information content (AvgIpc) is 3.31. The molecule has 2 saturated heterocycles. The largest absolute Gasteiger partial charge is 0.346 e. The molecule has 2 N–H and O–H groups in total. The molecule has 2 amide bonds. The molecule has 1 aromatic carbocycles.